The Hall–Kier alpha value is -3.11. The van der Waals surface area contributed by atoms with E-state index in [0.717, 1.165) is 18.7 Å². The first-order chi connectivity index (χ1) is 13.7. The van der Waals surface area contributed by atoms with Gasteiger partial charge in [0.1, 0.15) is 0 Å². The van der Waals surface area contributed by atoms with Crippen molar-refractivity contribution in [2.45, 2.75) is 19.4 Å². The second kappa shape index (κ2) is 10.3. The van der Waals surface area contributed by atoms with Gasteiger partial charge in [0.05, 0.1) is 0 Å². The molecule has 0 aliphatic carbocycles. The van der Waals surface area contributed by atoms with Gasteiger partial charge in [-0.3, -0.25) is 0 Å². The molecule has 28 heavy (non-hydrogen) atoms. The molecule has 0 fully saturated rings. The molecule has 0 heterocycles. The van der Waals surface area contributed by atoms with Crippen molar-refractivity contribution in [3.8, 4) is 0 Å². The van der Waals surface area contributed by atoms with Gasteiger partial charge in [0.25, 0.3) is 0 Å². The Morgan fingerprint density at radius 1 is 0.929 bits per heavy atom. The van der Waals surface area contributed by atoms with Gasteiger partial charge in [-0.25, -0.2) is 4.79 Å². The van der Waals surface area contributed by atoms with E-state index in [-0.39, 0.29) is 12.1 Å². The maximum absolute atomic E-state index is 11.8. The molecule has 0 unspecified atom stereocenters. The van der Waals surface area contributed by atoms with Crippen LogP contribution < -0.4 is 16.0 Å². The minimum Gasteiger partial charge on any atom is -0.338 e. The molecule has 0 saturated carbocycles. The van der Waals surface area contributed by atoms with Crippen molar-refractivity contribution in [1.82, 2.24) is 10.6 Å². The summed E-state index contributed by atoms with van der Waals surface area (Å²) in [4.78, 5) is 11.8. The van der Waals surface area contributed by atoms with Gasteiger partial charge < -0.3 is 16.0 Å². The zero-order valence-electron chi connectivity index (χ0n) is 16.2. The molecule has 0 spiro atoms. The van der Waals surface area contributed by atoms with Crippen LogP contribution in [0.2, 0.25) is 0 Å². The third kappa shape index (κ3) is 5.69. The fraction of sp³-hybridized carbons (Fsp3) is 0.208. The van der Waals surface area contributed by atoms with Crippen LogP contribution in [0.15, 0.2) is 84.9 Å². The number of nitrogens with one attached hydrogen (secondary N) is 3. The molecule has 3 rings (SSSR count). The Bertz CT molecular complexity index is 916. The van der Waals surface area contributed by atoms with Crippen molar-refractivity contribution in [2.75, 3.05) is 18.4 Å². The van der Waals surface area contributed by atoms with Gasteiger partial charge in [-0.15, -0.1) is 0 Å². The summed E-state index contributed by atoms with van der Waals surface area (Å²) < 4.78 is 0. The minimum absolute atomic E-state index is 0.178. The lowest BCUT2D eigenvalue weighted by Gasteiger charge is -2.15. The fourth-order valence-electron chi connectivity index (χ4n) is 3.15. The van der Waals surface area contributed by atoms with Crippen molar-refractivity contribution in [1.29, 1.82) is 0 Å². The number of carbonyl (C=O) groups is 1. The summed E-state index contributed by atoms with van der Waals surface area (Å²) in [6, 6.07) is 24.4. The molecule has 0 saturated heterocycles. The van der Waals surface area contributed by atoms with Crippen LogP contribution in [-0.2, 0) is 0 Å². The first kappa shape index (κ1) is 19.6. The second-order valence-corrected chi connectivity index (χ2v) is 6.71. The Morgan fingerprint density at radius 3 is 2.54 bits per heavy atom. The monoisotopic (exact) mass is 373 g/mol. The zero-order chi connectivity index (χ0) is 19.6. The number of hydrogen-bond donors (Lipinski definition) is 3. The molecule has 0 radical (unpaired) electrons. The van der Waals surface area contributed by atoms with Gasteiger partial charge in [0, 0.05) is 24.8 Å². The average Bonchev–Trinajstić information content (AvgIpc) is 2.73. The van der Waals surface area contributed by atoms with Gasteiger partial charge in [-0.05, 0) is 41.8 Å². The van der Waals surface area contributed by atoms with E-state index in [0.29, 0.717) is 6.54 Å². The summed E-state index contributed by atoms with van der Waals surface area (Å²) in [7, 11) is 0. The van der Waals surface area contributed by atoms with E-state index in [4.69, 9.17) is 0 Å². The highest BCUT2D eigenvalue weighted by Crippen LogP contribution is 2.23. The normalized spacial score (nSPS) is 12.2. The van der Waals surface area contributed by atoms with Crippen LogP contribution in [0.5, 0.6) is 0 Å². The third-order valence-electron chi connectivity index (χ3n) is 4.63. The highest BCUT2D eigenvalue weighted by molar-refractivity contribution is 5.89. The maximum atomic E-state index is 11.8. The molecule has 0 bridgehead atoms. The van der Waals surface area contributed by atoms with Crippen LogP contribution in [0.3, 0.4) is 0 Å². The molecule has 0 aliphatic heterocycles. The summed E-state index contributed by atoms with van der Waals surface area (Å²) in [5, 5.41) is 11.8. The van der Waals surface area contributed by atoms with E-state index in [2.05, 4.69) is 77.5 Å². The standard InChI is InChI=1S/C24H27N3O/c1-19(22-16-10-12-20-11-6-7-15-23(20)22)25-17-8-3-9-18-26-24(28)27-21-13-4-2-5-14-21/h2-8,10-16,19,25H,9,17-18H2,1H3,(H2,26,27,28)/b8-3+/t19-/m1/s1. The van der Waals surface area contributed by atoms with Crippen molar-refractivity contribution >= 4 is 22.5 Å². The van der Waals surface area contributed by atoms with Crippen molar-refractivity contribution in [3.05, 3.63) is 90.5 Å². The van der Waals surface area contributed by atoms with Crippen molar-refractivity contribution in [3.63, 3.8) is 0 Å². The molecule has 2 amide bonds. The minimum atomic E-state index is -0.178. The van der Waals surface area contributed by atoms with Crippen LogP contribution in [0.4, 0.5) is 10.5 Å². The largest absolute Gasteiger partial charge is 0.338 e. The van der Waals surface area contributed by atoms with Crippen molar-refractivity contribution in [2.24, 2.45) is 0 Å². The molecule has 144 valence electrons. The van der Waals surface area contributed by atoms with Crippen LogP contribution in [-0.4, -0.2) is 19.1 Å². The van der Waals surface area contributed by atoms with Crippen molar-refractivity contribution < 1.29 is 4.79 Å². The quantitative estimate of drug-likeness (QED) is 0.373. The smallest absolute Gasteiger partial charge is 0.319 e. The maximum Gasteiger partial charge on any atom is 0.319 e. The number of hydrogen-bond acceptors (Lipinski definition) is 2. The number of urea groups is 1. The summed E-state index contributed by atoms with van der Waals surface area (Å²) in [6.45, 7) is 3.58. The summed E-state index contributed by atoms with van der Waals surface area (Å²) >= 11 is 0. The summed E-state index contributed by atoms with van der Waals surface area (Å²) in [5.41, 5.74) is 2.10. The summed E-state index contributed by atoms with van der Waals surface area (Å²) in [5.74, 6) is 0. The van der Waals surface area contributed by atoms with E-state index in [1.165, 1.54) is 16.3 Å². The molecular formula is C24H27N3O. The fourth-order valence-corrected chi connectivity index (χ4v) is 3.15. The topological polar surface area (TPSA) is 53.2 Å². The lowest BCUT2D eigenvalue weighted by molar-refractivity contribution is 0.252. The van der Waals surface area contributed by atoms with E-state index < -0.39 is 0 Å². The zero-order valence-corrected chi connectivity index (χ0v) is 16.2. The van der Waals surface area contributed by atoms with E-state index in [9.17, 15) is 4.79 Å². The number of amides is 2. The molecule has 3 N–H and O–H groups in total. The first-order valence-corrected chi connectivity index (χ1v) is 9.70. The summed E-state index contributed by atoms with van der Waals surface area (Å²) in [6.07, 6.45) is 5.00. The molecule has 3 aromatic rings. The Labute approximate surface area is 166 Å². The lowest BCUT2D eigenvalue weighted by atomic mass is 10.00. The predicted octanol–water partition coefficient (Wildman–Crippen LogP) is 5.26. The lowest BCUT2D eigenvalue weighted by Crippen LogP contribution is -2.29. The SMILES string of the molecule is C[C@@H](NC/C=C/CCNC(=O)Nc1ccccc1)c1cccc2ccccc12. The van der Waals surface area contributed by atoms with Crippen LogP contribution in [0, 0.1) is 0 Å². The second-order valence-electron chi connectivity index (χ2n) is 6.71. The van der Waals surface area contributed by atoms with Crippen LogP contribution >= 0.6 is 0 Å². The number of anilines is 1. The van der Waals surface area contributed by atoms with Gasteiger partial charge in [0.15, 0.2) is 0 Å². The first-order valence-electron chi connectivity index (χ1n) is 9.70. The van der Waals surface area contributed by atoms with E-state index in [1.54, 1.807) is 0 Å². The molecular weight excluding hydrogens is 346 g/mol. The molecule has 4 nitrogen and oxygen atoms in total. The number of fused-ring (bicyclic) bond motifs is 1. The molecule has 4 heteroatoms. The Kier molecular flexibility index (Phi) is 7.21. The number of carbonyl (C=O) groups excluding carboxylic acids is 1. The highest BCUT2D eigenvalue weighted by atomic mass is 16.2. The Balaban J connectivity index is 1.36. The Morgan fingerprint density at radius 2 is 1.68 bits per heavy atom. The molecule has 1 atom stereocenters. The van der Waals surface area contributed by atoms with Gasteiger partial charge in [-0.1, -0.05) is 72.8 Å². The average molecular weight is 374 g/mol. The number of benzene rings is 3. The predicted molar refractivity (Wildman–Crippen MR) is 118 cm³/mol. The van der Waals surface area contributed by atoms with Crippen LogP contribution in [0.25, 0.3) is 10.8 Å². The van der Waals surface area contributed by atoms with E-state index >= 15 is 0 Å². The molecule has 3 aromatic carbocycles. The third-order valence-corrected chi connectivity index (χ3v) is 4.63. The van der Waals surface area contributed by atoms with Crippen LogP contribution in [0.1, 0.15) is 24.9 Å². The number of rotatable bonds is 8. The van der Waals surface area contributed by atoms with Gasteiger partial charge in [0.2, 0.25) is 0 Å². The van der Waals surface area contributed by atoms with Gasteiger partial charge in [-0.2, -0.15) is 0 Å². The highest BCUT2D eigenvalue weighted by Gasteiger charge is 2.07. The molecule has 0 aliphatic rings. The number of para-hydroxylation sites is 1. The molecule has 0 aromatic heterocycles. The van der Waals surface area contributed by atoms with E-state index in [1.807, 2.05) is 30.3 Å². The van der Waals surface area contributed by atoms with Gasteiger partial charge >= 0.3 is 6.03 Å².